The lowest BCUT2D eigenvalue weighted by atomic mass is 10.2. The largest absolute Gasteiger partial charge is 0.142 e. The monoisotopic (exact) mass is 155 g/mol. The van der Waals surface area contributed by atoms with Crippen LogP contribution >= 0.6 is 25.3 Å². The van der Waals surface area contributed by atoms with Crippen molar-refractivity contribution in [3.05, 3.63) is 23.8 Å². The molecule has 9 heavy (non-hydrogen) atoms. The van der Waals surface area contributed by atoms with E-state index >= 15 is 0 Å². The molecular formula is C7H7S2. The van der Waals surface area contributed by atoms with E-state index in [0.717, 1.165) is 15.4 Å². The van der Waals surface area contributed by atoms with E-state index in [2.05, 4.69) is 31.3 Å². The van der Waals surface area contributed by atoms with Crippen LogP contribution in [0.2, 0.25) is 0 Å². The van der Waals surface area contributed by atoms with Crippen LogP contribution < -0.4 is 0 Å². The summed E-state index contributed by atoms with van der Waals surface area (Å²) in [5, 5.41) is 0. The van der Waals surface area contributed by atoms with Crippen molar-refractivity contribution < 1.29 is 0 Å². The SMILES string of the molecule is Cc1[c]ccc(S)c1S. The molecule has 0 fully saturated rings. The maximum absolute atomic E-state index is 4.20. The quantitative estimate of drug-likeness (QED) is 0.528. The Morgan fingerprint density at radius 1 is 1.44 bits per heavy atom. The number of rotatable bonds is 0. The van der Waals surface area contributed by atoms with Gasteiger partial charge >= 0.3 is 0 Å². The fourth-order valence-electron chi connectivity index (χ4n) is 0.585. The summed E-state index contributed by atoms with van der Waals surface area (Å²) in [5.74, 6) is 0. The van der Waals surface area contributed by atoms with Crippen molar-refractivity contribution >= 4 is 25.3 Å². The predicted octanol–water partition coefficient (Wildman–Crippen LogP) is 2.37. The zero-order valence-electron chi connectivity index (χ0n) is 5.05. The first-order valence-electron chi connectivity index (χ1n) is 2.61. The van der Waals surface area contributed by atoms with Gasteiger partial charge in [0.2, 0.25) is 0 Å². The van der Waals surface area contributed by atoms with Crippen LogP contribution in [0.5, 0.6) is 0 Å². The summed E-state index contributed by atoms with van der Waals surface area (Å²) in [6.07, 6.45) is 0. The average molecular weight is 155 g/mol. The topological polar surface area (TPSA) is 0 Å². The van der Waals surface area contributed by atoms with Gasteiger partial charge < -0.3 is 0 Å². The molecule has 0 atom stereocenters. The third kappa shape index (κ3) is 1.43. The number of thiol groups is 2. The Bertz CT molecular complexity index is 198. The third-order valence-electron chi connectivity index (χ3n) is 1.14. The van der Waals surface area contributed by atoms with Gasteiger partial charge in [-0.3, -0.25) is 0 Å². The molecule has 1 radical (unpaired) electrons. The van der Waals surface area contributed by atoms with Gasteiger partial charge in [0.1, 0.15) is 0 Å². The minimum Gasteiger partial charge on any atom is -0.142 e. The van der Waals surface area contributed by atoms with E-state index in [4.69, 9.17) is 0 Å². The van der Waals surface area contributed by atoms with Crippen LogP contribution in [0, 0.1) is 13.0 Å². The van der Waals surface area contributed by atoms with Gasteiger partial charge in [0.05, 0.1) is 0 Å². The maximum Gasteiger partial charge on any atom is 0.0209 e. The molecule has 1 aromatic rings. The van der Waals surface area contributed by atoms with E-state index in [1.807, 2.05) is 19.1 Å². The van der Waals surface area contributed by atoms with E-state index in [0.29, 0.717) is 0 Å². The molecule has 0 nitrogen and oxygen atoms in total. The Hall–Kier alpha value is -0.0800. The molecule has 0 amide bonds. The lowest BCUT2D eigenvalue weighted by Crippen LogP contribution is -1.76. The summed E-state index contributed by atoms with van der Waals surface area (Å²) < 4.78 is 0. The molecule has 1 aromatic carbocycles. The first kappa shape index (κ1) is 7.03. The Labute approximate surface area is 66.1 Å². The van der Waals surface area contributed by atoms with Crippen LogP contribution in [0.3, 0.4) is 0 Å². The van der Waals surface area contributed by atoms with Crippen molar-refractivity contribution in [3.63, 3.8) is 0 Å². The van der Waals surface area contributed by atoms with Gasteiger partial charge in [0.15, 0.2) is 0 Å². The summed E-state index contributed by atoms with van der Waals surface area (Å²) in [5.41, 5.74) is 1.05. The zero-order chi connectivity index (χ0) is 6.85. The molecule has 0 N–H and O–H groups in total. The zero-order valence-corrected chi connectivity index (χ0v) is 6.84. The number of hydrogen-bond donors (Lipinski definition) is 2. The summed E-state index contributed by atoms with van der Waals surface area (Å²) in [6, 6.07) is 6.73. The molecule has 0 aliphatic heterocycles. The van der Waals surface area contributed by atoms with Gasteiger partial charge in [-0.05, 0) is 24.6 Å². The highest BCUT2D eigenvalue weighted by Gasteiger charge is 1.94. The molecule has 0 saturated heterocycles. The standard InChI is InChI=1S/C7H7S2/c1-5-3-2-4-6(8)7(5)9/h2,4,8-9H,1H3. The molecule has 2 heteroatoms. The van der Waals surface area contributed by atoms with Gasteiger partial charge in [-0.2, -0.15) is 0 Å². The van der Waals surface area contributed by atoms with Crippen LogP contribution in [0.4, 0.5) is 0 Å². The van der Waals surface area contributed by atoms with Crippen LogP contribution in [-0.4, -0.2) is 0 Å². The molecule has 0 saturated carbocycles. The van der Waals surface area contributed by atoms with E-state index in [9.17, 15) is 0 Å². The van der Waals surface area contributed by atoms with Crippen LogP contribution in [0.15, 0.2) is 21.9 Å². The van der Waals surface area contributed by atoms with Crippen molar-refractivity contribution in [3.8, 4) is 0 Å². The summed E-state index contributed by atoms with van der Waals surface area (Å²) >= 11 is 8.37. The molecule has 1 rings (SSSR count). The fourth-order valence-corrected chi connectivity index (χ4v) is 0.966. The molecule has 0 heterocycles. The minimum atomic E-state index is 0.912. The average Bonchev–Trinajstić information content (AvgIpc) is 1.83. The Morgan fingerprint density at radius 3 is 2.56 bits per heavy atom. The predicted molar refractivity (Wildman–Crippen MR) is 44.5 cm³/mol. The molecule has 0 bridgehead atoms. The first-order chi connectivity index (χ1) is 4.22. The molecule has 0 unspecified atom stereocenters. The van der Waals surface area contributed by atoms with E-state index in [1.54, 1.807) is 0 Å². The highest BCUT2D eigenvalue weighted by molar-refractivity contribution is 7.83. The smallest absolute Gasteiger partial charge is 0.0209 e. The van der Waals surface area contributed by atoms with Crippen LogP contribution in [0.25, 0.3) is 0 Å². The summed E-state index contributed by atoms with van der Waals surface area (Å²) in [6.45, 7) is 1.96. The Kier molecular flexibility index (Phi) is 2.09. The fraction of sp³-hybridized carbons (Fsp3) is 0.143. The third-order valence-corrected chi connectivity index (χ3v) is 2.26. The van der Waals surface area contributed by atoms with Gasteiger partial charge in [0.25, 0.3) is 0 Å². The van der Waals surface area contributed by atoms with Gasteiger partial charge in [-0.1, -0.05) is 6.07 Å². The molecule has 47 valence electrons. The van der Waals surface area contributed by atoms with Crippen LogP contribution in [0.1, 0.15) is 5.56 Å². The Balaban J connectivity index is 3.25. The number of hydrogen-bond acceptors (Lipinski definition) is 2. The summed E-state index contributed by atoms with van der Waals surface area (Å²) in [4.78, 5) is 1.83. The Morgan fingerprint density at radius 2 is 2.11 bits per heavy atom. The molecule has 0 aliphatic rings. The van der Waals surface area contributed by atoms with E-state index in [1.165, 1.54) is 0 Å². The van der Waals surface area contributed by atoms with E-state index in [-0.39, 0.29) is 0 Å². The van der Waals surface area contributed by atoms with Crippen molar-refractivity contribution in [2.45, 2.75) is 16.7 Å². The molecule has 0 aliphatic carbocycles. The van der Waals surface area contributed by atoms with Crippen LogP contribution in [-0.2, 0) is 0 Å². The number of benzene rings is 1. The van der Waals surface area contributed by atoms with Gasteiger partial charge in [0, 0.05) is 9.79 Å². The highest BCUT2D eigenvalue weighted by Crippen LogP contribution is 2.20. The lowest BCUT2D eigenvalue weighted by Gasteiger charge is -1.98. The first-order valence-corrected chi connectivity index (χ1v) is 3.50. The lowest BCUT2D eigenvalue weighted by molar-refractivity contribution is 1.18. The normalized spacial score (nSPS) is 9.67. The second kappa shape index (κ2) is 2.67. The molecule has 0 spiro atoms. The molecule has 0 aromatic heterocycles. The number of aryl methyl sites for hydroxylation is 1. The maximum atomic E-state index is 4.20. The molecular weight excluding hydrogens is 148 g/mol. The van der Waals surface area contributed by atoms with Gasteiger partial charge in [-0.25, -0.2) is 0 Å². The van der Waals surface area contributed by atoms with Crippen molar-refractivity contribution in [2.75, 3.05) is 0 Å². The second-order valence-electron chi connectivity index (χ2n) is 1.84. The van der Waals surface area contributed by atoms with Gasteiger partial charge in [-0.15, -0.1) is 25.3 Å². The highest BCUT2D eigenvalue weighted by atomic mass is 32.1. The van der Waals surface area contributed by atoms with Crippen molar-refractivity contribution in [1.29, 1.82) is 0 Å². The summed E-state index contributed by atoms with van der Waals surface area (Å²) in [7, 11) is 0. The van der Waals surface area contributed by atoms with E-state index < -0.39 is 0 Å². The van der Waals surface area contributed by atoms with Crippen molar-refractivity contribution in [2.24, 2.45) is 0 Å². The minimum absolute atomic E-state index is 0.912. The van der Waals surface area contributed by atoms with Crippen molar-refractivity contribution in [1.82, 2.24) is 0 Å². The second-order valence-corrected chi connectivity index (χ2v) is 2.77.